The van der Waals surface area contributed by atoms with Crippen molar-refractivity contribution in [2.45, 2.75) is 20.0 Å². The molecule has 1 saturated heterocycles. The minimum absolute atomic E-state index is 0.397. The number of nitrogens with one attached hydrogen (secondary N) is 1. The van der Waals surface area contributed by atoms with E-state index >= 15 is 0 Å². The number of carbonyl (C=O) groups is 2. The zero-order valence-electron chi connectivity index (χ0n) is 14.1. The van der Waals surface area contributed by atoms with E-state index in [1.165, 1.54) is 0 Å². The summed E-state index contributed by atoms with van der Waals surface area (Å²) in [5.41, 5.74) is 1.94. The minimum Gasteiger partial charge on any atom is -0.481 e. The van der Waals surface area contributed by atoms with Crippen molar-refractivity contribution < 1.29 is 32.3 Å². The van der Waals surface area contributed by atoms with Crippen LogP contribution in [0.5, 0.6) is 0 Å². The van der Waals surface area contributed by atoms with Crippen LogP contribution >= 0.6 is 0 Å². The number of alkyl halides is 3. The lowest BCUT2D eigenvalue weighted by Gasteiger charge is -2.18. The minimum atomic E-state index is -4.68. The van der Waals surface area contributed by atoms with E-state index in [-0.39, 0.29) is 0 Å². The van der Waals surface area contributed by atoms with E-state index in [1.807, 2.05) is 6.92 Å². The molecule has 6 nitrogen and oxygen atoms in total. The summed E-state index contributed by atoms with van der Waals surface area (Å²) in [6, 6.07) is 4.15. The van der Waals surface area contributed by atoms with Crippen molar-refractivity contribution in [3.8, 4) is 0 Å². The van der Waals surface area contributed by atoms with Gasteiger partial charge in [0, 0.05) is 24.2 Å². The summed E-state index contributed by atoms with van der Waals surface area (Å²) in [5, 5.41) is 12.3. The number of nitrogens with zero attached hydrogens (tertiary/aromatic N) is 1. The lowest BCUT2D eigenvalue weighted by molar-refractivity contribution is -0.187. The number of hydrogen-bond donors (Lipinski definition) is 2. The van der Waals surface area contributed by atoms with E-state index in [1.54, 1.807) is 25.1 Å². The molecule has 1 aromatic heterocycles. The van der Waals surface area contributed by atoms with Crippen LogP contribution in [0.4, 0.5) is 23.7 Å². The van der Waals surface area contributed by atoms with Crippen molar-refractivity contribution in [1.29, 1.82) is 0 Å². The number of hydrogen-bond acceptors (Lipinski definition) is 3. The third-order valence-electron chi connectivity index (χ3n) is 4.77. The number of likely N-dealkylation sites (tertiary alicyclic amines) is 1. The molecule has 2 heterocycles. The van der Waals surface area contributed by atoms with Gasteiger partial charge >= 0.3 is 18.2 Å². The second-order valence-corrected chi connectivity index (χ2v) is 6.42. The van der Waals surface area contributed by atoms with Crippen LogP contribution < -0.4 is 5.32 Å². The second-order valence-electron chi connectivity index (χ2n) is 6.42. The molecular weight excluding hydrogens is 353 g/mol. The molecule has 2 N–H and O–H groups in total. The summed E-state index contributed by atoms with van der Waals surface area (Å²) in [6.07, 6.45) is -4.68. The molecule has 26 heavy (non-hydrogen) atoms. The van der Waals surface area contributed by atoms with Gasteiger partial charge in [0.05, 0.1) is 11.8 Å². The number of carboxylic acids is 1. The highest BCUT2D eigenvalue weighted by molar-refractivity contribution is 5.94. The first-order valence-corrected chi connectivity index (χ1v) is 7.93. The summed E-state index contributed by atoms with van der Waals surface area (Å²) in [4.78, 5) is 24.3. The number of rotatable bonds is 2. The first-order valence-electron chi connectivity index (χ1n) is 7.93. The Balaban J connectivity index is 1.78. The van der Waals surface area contributed by atoms with E-state index in [0.29, 0.717) is 11.3 Å². The molecule has 1 aliphatic heterocycles. The highest BCUT2D eigenvalue weighted by Crippen LogP contribution is 2.38. The Bertz CT molecular complexity index is 875. The smallest absolute Gasteiger partial charge is 0.394 e. The van der Waals surface area contributed by atoms with Crippen LogP contribution in [0.3, 0.4) is 0 Å². The maximum atomic E-state index is 13.0. The van der Waals surface area contributed by atoms with Gasteiger partial charge in [0.2, 0.25) is 0 Å². The normalized spacial score (nSPS) is 20.6. The van der Waals surface area contributed by atoms with Crippen LogP contribution in [0.25, 0.3) is 11.0 Å². The maximum Gasteiger partial charge on any atom is 0.394 e. The van der Waals surface area contributed by atoms with Gasteiger partial charge in [-0.1, -0.05) is 0 Å². The third-order valence-corrected chi connectivity index (χ3v) is 4.77. The van der Waals surface area contributed by atoms with E-state index in [9.17, 15) is 22.8 Å². The van der Waals surface area contributed by atoms with Crippen LogP contribution in [0, 0.1) is 25.7 Å². The fourth-order valence-electron chi connectivity index (χ4n) is 3.17. The number of anilines is 1. The number of halogens is 3. The van der Waals surface area contributed by atoms with E-state index in [4.69, 9.17) is 9.52 Å². The Kier molecular flexibility index (Phi) is 4.33. The van der Waals surface area contributed by atoms with Gasteiger partial charge in [-0.05, 0) is 37.6 Å². The molecule has 2 aromatic rings. The number of carboxylic acid groups (broad SMARTS) is 1. The van der Waals surface area contributed by atoms with Crippen molar-refractivity contribution in [3.63, 3.8) is 0 Å². The van der Waals surface area contributed by atoms with E-state index in [2.05, 4.69) is 5.32 Å². The number of aryl methyl sites for hydroxylation is 2. The number of urea groups is 1. The van der Waals surface area contributed by atoms with Gasteiger partial charge in [0.1, 0.15) is 11.3 Å². The van der Waals surface area contributed by atoms with Crippen LogP contribution in [0.2, 0.25) is 0 Å². The third kappa shape index (κ3) is 3.21. The van der Waals surface area contributed by atoms with Crippen molar-refractivity contribution in [2.75, 3.05) is 18.4 Å². The van der Waals surface area contributed by atoms with Crippen molar-refractivity contribution in [3.05, 3.63) is 29.5 Å². The van der Waals surface area contributed by atoms with Crippen LogP contribution in [0.1, 0.15) is 11.3 Å². The quantitative estimate of drug-likeness (QED) is 0.843. The molecular formula is C17H17F3N2O4. The summed E-state index contributed by atoms with van der Waals surface area (Å²) >= 11 is 0. The molecule has 9 heteroatoms. The number of benzene rings is 1. The molecule has 0 spiro atoms. The van der Waals surface area contributed by atoms with Gasteiger partial charge in [-0.2, -0.15) is 13.2 Å². The van der Waals surface area contributed by atoms with Gasteiger partial charge in [-0.25, -0.2) is 4.79 Å². The summed E-state index contributed by atoms with van der Waals surface area (Å²) in [5.74, 6) is -4.57. The fraction of sp³-hybridized carbons (Fsp3) is 0.412. The Labute approximate surface area is 146 Å². The Morgan fingerprint density at radius 3 is 2.54 bits per heavy atom. The Morgan fingerprint density at radius 1 is 1.27 bits per heavy atom. The van der Waals surface area contributed by atoms with E-state index < -0.39 is 43.1 Å². The predicted molar refractivity (Wildman–Crippen MR) is 87.0 cm³/mol. The highest BCUT2D eigenvalue weighted by atomic mass is 19.4. The number of furan rings is 1. The Hall–Kier alpha value is -2.71. The first-order chi connectivity index (χ1) is 12.1. The largest absolute Gasteiger partial charge is 0.481 e. The molecule has 0 aliphatic carbocycles. The molecule has 1 aliphatic rings. The summed E-state index contributed by atoms with van der Waals surface area (Å²) < 4.78 is 44.6. The molecule has 2 amide bonds. The van der Waals surface area contributed by atoms with Crippen LogP contribution in [-0.2, 0) is 4.79 Å². The molecule has 0 saturated carbocycles. The van der Waals surface area contributed by atoms with Gasteiger partial charge in [0.25, 0.3) is 0 Å². The van der Waals surface area contributed by atoms with Gasteiger partial charge < -0.3 is 19.7 Å². The predicted octanol–water partition coefficient (Wildman–Crippen LogP) is 3.78. The number of carbonyl (C=O) groups excluding carboxylic acids is 1. The number of aliphatic carboxylic acids is 1. The molecule has 3 rings (SSSR count). The van der Waals surface area contributed by atoms with Gasteiger partial charge in [0.15, 0.2) is 0 Å². The zero-order chi connectivity index (χ0) is 19.2. The highest BCUT2D eigenvalue weighted by Gasteiger charge is 2.53. The second kappa shape index (κ2) is 6.22. The molecule has 2 atom stereocenters. The summed E-state index contributed by atoms with van der Waals surface area (Å²) in [7, 11) is 0. The molecule has 0 unspecified atom stereocenters. The average Bonchev–Trinajstić information content (AvgIpc) is 3.11. The van der Waals surface area contributed by atoms with E-state index in [0.717, 1.165) is 21.6 Å². The van der Waals surface area contributed by atoms with Crippen LogP contribution in [-0.4, -0.2) is 41.3 Å². The molecule has 140 valence electrons. The molecule has 0 bridgehead atoms. The number of amides is 2. The standard InChI is InChI=1S/C17H17F3N2O4/c1-8-9(2)26-14-4-3-10(5-11(8)14)21-16(25)22-6-12(15(23)24)13(7-22)17(18,19)20/h3-5,12-13H,6-7H2,1-2H3,(H,21,25)(H,23,24)/t12-,13-/m1/s1. The van der Waals surface area contributed by atoms with Crippen molar-refractivity contribution >= 4 is 28.7 Å². The first kappa shape index (κ1) is 18.1. The Morgan fingerprint density at radius 2 is 1.96 bits per heavy atom. The number of fused-ring (bicyclic) bond motifs is 1. The SMILES string of the molecule is Cc1oc2ccc(NC(=O)N3C[C@@H](C(F)(F)F)[C@H](C(=O)O)C3)cc2c1C. The molecule has 1 aromatic carbocycles. The van der Waals surface area contributed by atoms with Crippen molar-refractivity contribution in [2.24, 2.45) is 11.8 Å². The monoisotopic (exact) mass is 370 g/mol. The molecule has 0 radical (unpaired) electrons. The van der Waals surface area contributed by atoms with Crippen LogP contribution in [0.15, 0.2) is 22.6 Å². The van der Waals surface area contributed by atoms with Gasteiger partial charge in [-0.3, -0.25) is 4.79 Å². The average molecular weight is 370 g/mol. The lowest BCUT2D eigenvalue weighted by Crippen LogP contribution is -2.35. The zero-order valence-corrected chi connectivity index (χ0v) is 14.1. The molecule has 1 fully saturated rings. The fourth-order valence-corrected chi connectivity index (χ4v) is 3.17. The lowest BCUT2D eigenvalue weighted by atomic mass is 9.96. The topological polar surface area (TPSA) is 82.8 Å². The van der Waals surface area contributed by atoms with Crippen molar-refractivity contribution in [1.82, 2.24) is 4.90 Å². The maximum absolute atomic E-state index is 13.0. The van der Waals surface area contributed by atoms with Gasteiger partial charge in [-0.15, -0.1) is 0 Å². The summed E-state index contributed by atoms with van der Waals surface area (Å²) in [6.45, 7) is 2.50.